The van der Waals surface area contributed by atoms with E-state index in [-0.39, 0.29) is 11.9 Å². The second-order valence-corrected chi connectivity index (χ2v) is 5.71. The van der Waals surface area contributed by atoms with E-state index in [4.69, 9.17) is 10.5 Å². The summed E-state index contributed by atoms with van der Waals surface area (Å²) in [5.41, 5.74) is 6.82. The maximum absolute atomic E-state index is 11.7. The summed E-state index contributed by atoms with van der Waals surface area (Å²) >= 11 is 1.52. The average Bonchev–Trinajstić information content (AvgIpc) is 2.82. The molecule has 0 aromatic carbocycles. The Balaban J connectivity index is 2.38. The number of ether oxygens (including phenoxy) is 1. The second kappa shape index (κ2) is 8.24. The van der Waals surface area contributed by atoms with E-state index in [2.05, 4.69) is 24.1 Å². The number of nitrogens with two attached hydrogens (primary N) is 1. The third kappa shape index (κ3) is 5.67. The molecule has 1 aromatic heterocycles. The zero-order valence-corrected chi connectivity index (χ0v) is 12.6. The van der Waals surface area contributed by atoms with Gasteiger partial charge in [0.15, 0.2) is 0 Å². The highest BCUT2D eigenvalue weighted by molar-refractivity contribution is 7.09. The normalized spacial score (nSPS) is 12.7. The third-order valence-corrected chi connectivity index (χ3v) is 3.76. The van der Waals surface area contributed by atoms with Crippen molar-refractivity contribution in [3.63, 3.8) is 0 Å². The second-order valence-electron chi connectivity index (χ2n) is 4.82. The lowest BCUT2D eigenvalue weighted by Crippen LogP contribution is -2.27. The molecule has 1 amide bonds. The van der Waals surface area contributed by atoms with Crippen molar-refractivity contribution in [1.29, 1.82) is 0 Å². The molecule has 5 nitrogen and oxygen atoms in total. The predicted octanol–water partition coefficient (Wildman–Crippen LogP) is 1.49. The van der Waals surface area contributed by atoms with Gasteiger partial charge in [0.2, 0.25) is 5.91 Å². The van der Waals surface area contributed by atoms with Crippen LogP contribution >= 0.6 is 11.3 Å². The molecular weight excluding hydrogens is 262 g/mol. The van der Waals surface area contributed by atoms with Crippen molar-refractivity contribution in [3.05, 3.63) is 16.1 Å². The van der Waals surface area contributed by atoms with E-state index in [1.54, 1.807) is 7.11 Å². The quantitative estimate of drug-likeness (QED) is 0.710. The van der Waals surface area contributed by atoms with Gasteiger partial charge in [0.25, 0.3) is 0 Å². The Hall–Kier alpha value is -0.980. The van der Waals surface area contributed by atoms with Crippen molar-refractivity contribution in [2.24, 2.45) is 11.7 Å². The minimum absolute atomic E-state index is 0.00827. The smallest absolute Gasteiger partial charge is 0.226 e. The van der Waals surface area contributed by atoms with Crippen LogP contribution in [0.2, 0.25) is 0 Å². The Morgan fingerprint density at radius 2 is 2.32 bits per heavy atom. The first-order chi connectivity index (χ1) is 9.04. The van der Waals surface area contributed by atoms with E-state index in [9.17, 15) is 4.79 Å². The van der Waals surface area contributed by atoms with Gasteiger partial charge >= 0.3 is 0 Å². The predicted molar refractivity (Wildman–Crippen MR) is 77.1 cm³/mol. The van der Waals surface area contributed by atoms with E-state index in [1.807, 2.05) is 5.38 Å². The van der Waals surface area contributed by atoms with Gasteiger partial charge in [0, 0.05) is 25.6 Å². The van der Waals surface area contributed by atoms with Crippen LogP contribution in [0.5, 0.6) is 0 Å². The van der Waals surface area contributed by atoms with Crippen LogP contribution in [-0.4, -0.2) is 31.2 Å². The van der Waals surface area contributed by atoms with Crippen molar-refractivity contribution in [2.45, 2.75) is 32.7 Å². The molecule has 0 spiro atoms. The molecule has 6 heteroatoms. The Labute approximate surface area is 118 Å². The summed E-state index contributed by atoms with van der Waals surface area (Å²) < 4.78 is 4.92. The van der Waals surface area contributed by atoms with Crippen LogP contribution in [0.3, 0.4) is 0 Å². The number of carbonyl (C=O) groups excluding carboxylic acids is 1. The van der Waals surface area contributed by atoms with Crippen LogP contribution in [0.15, 0.2) is 5.38 Å². The number of methoxy groups -OCH3 is 1. The summed E-state index contributed by atoms with van der Waals surface area (Å²) in [7, 11) is 1.65. The number of rotatable bonds is 8. The van der Waals surface area contributed by atoms with Crippen LogP contribution in [0.25, 0.3) is 0 Å². The van der Waals surface area contributed by atoms with E-state index in [0.717, 1.165) is 17.1 Å². The maximum atomic E-state index is 11.7. The SMILES string of the molecule is COCCCNC(=O)Cc1csc(C(N)C(C)C)n1. The summed E-state index contributed by atoms with van der Waals surface area (Å²) in [5.74, 6) is 0.341. The number of carbonyl (C=O) groups is 1. The largest absolute Gasteiger partial charge is 0.385 e. The van der Waals surface area contributed by atoms with Gasteiger partial charge in [0.1, 0.15) is 5.01 Å². The summed E-state index contributed by atoms with van der Waals surface area (Å²) in [6.45, 7) is 5.42. The lowest BCUT2D eigenvalue weighted by Gasteiger charge is -2.11. The van der Waals surface area contributed by atoms with Gasteiger partial charge in [0.05, 0.1) is 18.2 Å². The molecular formula is C13H23N3O2S. The summed E-state index contributed by atoms with van der Waals surface area (Å²) in [4.78, 5) is 16.1. The first kappa shape index (κ1) is 16.1. The molecule has 0 fully saturated rings. The molecule has 1 aromatic rings. The minimum atomic E-state index is -0.0523. The molecule has 108 valence electrons. The van der Waals surface area contributed by atoms with Gasteiger partial charge in [-0.05, 0) is 12.3 Å². The number of hydrogen-bond donors (Lipinski definition) is 2. The molecule has 0 saturated heterocycles. The monoisotopic (exact) mass is 285 g/mol. The Kier molecular flexibility index (Phi) is 6.97. The van der Waals surface area contributed by atoms with E-state index in [0.29, 0.717) is 25.5 Å². The van der Waals surface area contributed by atoms with Gasteiger partial charge in [-0.15, -0.1) is 11.3 Å². The molecule has 19 heavy (non-hydrogen) atoms. The molecule has 0 aliphatic carbocycles. The molecule has 3 N–H and O–H groups in total. The molecule has 0 saturated carbocycles. The van der Waals surface area contributed by atoms with Crippen LogP contribution < -0.4 is 11.1 Å². The average molecular weight is 285 g/mol. The molecule has 0 aliphatic rings. The third-order valence-electron chi connectivity index (χ3n) is 2.76. The van der Waals surface area contributed by atoms with Crippen LogP contribution in [0, 0.1) is 5.92 Å². The van der Waals surface area contributed by atoms with Crippen LogP contribution in [-0.2, 0) is 16.0 Å². The summed E-state index contributed by atoms with van der Waals surface area (Å²) in [6.07, 6.45) is 1.14. The molecule has 1 atom stereocenters. The Bertz CT molecular complexity index is 393. The molecule has 0 aliphatic heterocycles. The maximum Gasteiger partial charge on any atom is 0.226 e. The van der Waals surface area contributed by atoms with E-state index in [1.165, 1.54) is 11.3 Å². The first-order valence-corrected chi connectivity index (χ1v) is 7.38. The molecule has 1 heterocycles. The molecule has 1 unspecified atom stereocenters. The van der Waals surface area contributed by atoms with E-state index < -0.39 is 0 Å². The zero-order valence-electron chi connectivity index (χ0n) is 11.8. The van der Waals surface area contributed by atoms with Crippen molar-refractivity contribution in [3.8, 4) is 0 Å². The number of thiazole rings is 1. The number of aromatic nitrogens is 1. The van der Waals surface area contributed by atoms with Crippen molar-refractivity contribution < 1.29 is 9.53 Å². The number of hydrogen-bond acceptors (Lipinski definition) is 5. The summed E-state index contributed by atoms with van der Waals surface area (Å²) in [6, 6.07) is -0.0523. The molecule has 1 rings (SSSR count). The fraction of sp³-hybridized carbons (Fsp3) is 0.692. The zero-order chi connectivity index (χ0) is 14.3. The van der Waals surface area contributed by atoms with Crippen molar-refractivity contribution >= 4 is 17.2 Å². The van der Waals surface area contributed by atoms with Gasteiger partial charge in [-0.25, -0.2) is 4.98 Å². The fourth-order valence-corrected chi connectivity index (χ4v) is 2.51. The molecule has 0 radical (unpaired) electrons. The highest BCUT2D eigenvalue weighted by atomic mass is 32.1. The minimum Gasteiger partial charge on any atom is -0.385 e. The standard InChI is InChI=1S/C13H23N3O2S/c1-9(2)12(14)13-16-10(8-19-13)7-11(17)15-5-4-6-18-3/h8-9,12H,4-7,14H2,1-3H3,(H,15,17). The highest BCUT2D eigenvalue weighted by Crippen LogP contribution is 2.22. The number of nitrogens with one attached hydrogen (secondary N) is 1. The summed E-state index contributed by atoms with van der Waals surface area (Å²) in [5, 5.41) is 5.65. The Morgan fingerprint density at radius 1 is 1.58 bits per heavy atom. The van der Waals surface area contributed by atoms with Gasteiger partial charge in [-0.2, -0.15) is 0 Å². The lowest BCUT2D eigenvalue weighted by atomic mass is 10.1. The van der Waals surface area contributed by atoms with Gasteiger partial charge in [-0.3, -0.25) is 4.79 Å². The number of nitrogens with zero attached hydrogens (tertiary/aromatic N) is 1. The van der Waals surface area contributed by atoms with Gasteiger partial charge in [-0.1, -0.05) is 13.8 Å². The lowest BCUT2D eigenvalue weighted by molar-refractivity contribution is -0.120. The van der Waals surface area contributed by atoms with Crippen LogP contribution in [0.1, 0.15) is 37.0 Å². The topological polar surface area (TPSA) is 77.2 Å². The van der Waals surface area contributed by atoms with E-state index >= 15 is 0 Å². The van der Waals surface area contributed by atoms with Crippen molar-refractivity contribution in [2.75, 3.05) is 20.3 Å². The fourth-order valence-electron chi connectivity index (χ4n) is 1.51. The Morgan fingerprint density at radius 3 is 2.95 bits per heavy atom. The first-order valence-electron chi connectivity index (χ1n) is 6.50. The number of amides is 1. The van der Waals surface area contributed by atoms with Gasteiger partial charge < -0.3 is 15.8 Å². The van der Waals surface area contributed by atoms with Crippen molar-refractivity contribution in [1.82, 2.24) is 10.3 Å². The molecule has 0 bridgehead atoms. The highest BCUT2D eigenvalue weighted by Gasteiger charge is 2.15. The van der Waals surface area contributed by atoms with Crippen LogP contribution in [0.4, 0.5) is 0 Å².